The zero-order chi connectivity index (χ0) is 22.8. The molecule has 0 amide bonds. The Balaban J connectivity index is 1.45. The predicted octanol–water partition coefficient (Wildman–Crippen LogP) is 5.05. The maximum absolute atomic E-state index is 5.06. The Hall–Kier alpha value is -3.02. The third kappa shape index (κ3) is 4.70. The lowest BCUT2D eigenvalue weighted by Gasteiger charge is -2.32. The van der Waals surface area contributed by atoms with Gasteiger partial charge in [-0.1, -0.05) is 42.5 Å². The molecule has 1 aliphatic rings. The van der Waals surface area contributed by atoms with Crippen molar-refractivity contribution in [2.24, 2.45) is 0 Å². The molecule has 2 aromatic carbocycles. The minimum absolute atomic E-state index is 0.339. The van der Waals surface area contributed by atoms with Crippen LogP contribution in [0.3, 0.4) is 0 Å². The molecule has 0 N–H and O–H groups in total. The van der Waals surface area contributed by atoms with E-state index in [0.717, 1.165) is 43.8 Å². The van der Waals surface area contributed by atoms with E-state index in [-0.39, 0.29) is 0 Å². The third-order valence-corrected chi connectivity index (χ3v) is 6.65. The summed E-state index contributed by atoms with van der Waals surface area (Å²) < 4.78 is 2.39. The summed E-state index contributed by atoms with van der Waals surface area (Å²) >= 11 is 0. The molecule has 1 unspecified atom stereocenters. The van der Waals surface area contributed by atoms with Crippen molar-refractivity contribution >= 4 is 11.0 Å². The van der Waals surface area contributed by atoms with Crippen molar-refractivity contribution in [2.75, 3.05) is 21.1 Å². The quantitative estimate of drug-likeness (QED) is 0.404. The molecule has 0 saturated heterocycles. The summed E-state index contributed by atoms with van der Waals surface area (Å²) in [6.07, 6.45) is 5.42. The number of aromatic nitrogens is 3. The van der Waals surface area contributed by atoms with Crippen molar-refractivity contribution in [2.45, 2.75) is 44.9 Å². The maximum atomic E-state index is 5.06. The first-order chi connectivity index (χ1) is 16.1. The second-order valence-electron chi connectivity index (χ2n) is 9.53. The Morgan fingerprint density at radius 3 is 2.67 bits per heavy atom. The SMILES string of the molecule is CN(C)Cc1cccc(Cn2c(CN(C)C3CCCc4cccnc43)nc3ccccc32)c1. The lowest BCUT2D eigenvalue weighted by atomic mass is 9.91. The van der Waals surface area contributed by atoms with Crippen LogP contribution in [0.1, 0.15) is 47.1 Å². The van der Waals surface area contributed by atoms with Gasteiger partial charge in [0, 0.05) is 19.3 Å². The van der Waals surface area contributed by atoms with Gasteiger partial charge in [0.25, 0.3) is 0 Å². The zero-order valence-corrected chi connectivity index (χ0v) is 19.9. The molecule has 0 bridgehead atoms. The molecule has 33 heavy (non-hydrogen) atoms. The fourth-order valence-corrected chi connectivity index (χ4v) is 5.14. The molecule has 1 aliphatic carbocycles. The highest BCUT2D eigenvalue weighted by atomic mass is 15.2. The van der Waals surface area contributed by atoms with E-state index in [1.54, 1.807) is 0 Å². The molecule has 2 aromatic heterocycles. The zero-order valence-electron chi connectivity index (χ0n) is 19.9. The van der Waals surface area contributed by atoms with Crippen LogP contribution in [0.5, 0.6) is 0 Å². The number of nitrogens with zero attached hydrogens (tertiary/aromatic N) is 5. The van der Waals surface area contributed by atoms with Gasteiger partial charge in [-0.2, -0.15) is 0 Å². The van der Waals surface area contributed by atoms with Crippen LogP contribution in [-0.4, -0.2) is 45.5 Å². The van der Waals surface area contributed by atoms with E-state index in [1.807, 2.05) is 6.20 Å². The van der Waals surface area contributed by atoms with Crippen LogP contribution in [0.4, 0.5) is 0 Å². The molecule has 0 fully saturated rings. The van der Waals surface area contributed by atoms with Crippen molar-refractivity contribution in [3.8, 4) is 0 Å². The molecule has 5 heteroatoms. The predicted molar refractivity (Wildman–Crippen MR) is 134 cm³/mol. The smallest absolute Gasteiger partial charge is 0.124 e. The Bertz CT molecular complexity index is 1240. The van der Waals surface area contributed by atoms with Crippen molar-refractivity contribution in [1.82, 2.24) is 24.3 Å². The summed E-state index contributed by atoms with van der Waals surface area (Å²) in [4.78, 5) is 14.5. The average Bonchev–Trinajstić information content (AvgIpc) is 3.15. The summed E-state index contributed by atoms with van der Waals surface area (Å²) in [5, 5.41) is 0. The van der Waals surface area contributed by atoms with E-state index in [9.17, 15) is 0 Å². The molecular weight excluding hydrogens is 406 g/mol. The Kier molecular flexibility index (Phi) is 6.25. The lowest BCUT2D eigenvalue weighted by Crippen LogP contribution is -2.29. The molecule has 5 nitrogen and oxygen atoms in total. The summed E-state index contributed by atoms with van der Waals surface area (Å²) in [5.41, 5.74) is 7.54. The highest BCUT2D eigenvalue weighted by Gasteiger charge is 2.26. The highest BCUT2D eigenvalue weighted by molar-refractivity contribution is 5.76. The molecule has 170 valence electrons. The number of imidazole rings is 1. The van der Waals surface area contributed by atoms with Crippen LogP contribution in [0.2, 0.25) is 0 Å². The second kappa shape index (κ2) is 9.46. The molecule has 0 radical (unpaired) electrons. The van der Waals surface area contributed by atoms with Gasteiger partial charge in [0.1, 0.15) is 5.82 Å². The van der Waals surface area contributed by atoms with E-state index >= 15 is 0 Å². The minimum Gasteiger partial charge on any atom is -0.322 e. The third-order valence-electron chi connectivity index (χ3n) is 6.65. The van der Waals surface area contributed by atoms with Gasteiger partial charge in [-0.25, -0.2) is 4.98 Å². The van der Waals surface area contributed by atoms with Gasteiger partial charge in [-0.05, 0) is 75.3 Å². The van der Waals surface area contributed by atoms with Crippen molar-refractivity contribution < 1.29 is 0 Å². The van der Waals surface area contributed by atoms with Crippen molar-refractivity contribution in [1.29, 1.82) is 0 Å². The molecule has 2 heterocycles. The van der Waals surface area contributed by atoms with Gasteiger partial charge >= 0.3 is 0 Å². The number of fused-ring (bicyclic) bond motifs is 2. The molecule has 1 atom stereocenters. The van der Waals surface area contributed by atoms with E-state index in [1.165, 1.54) is 34.3 Å². The number of hydrogen-bond donors (Lipinski definition) is 0. The number of rotatable bonds is 7. The molecule has 4 aromatic rings. The van der Waals surface area contributed by atoms with E-state index in [2.05, 4.69) is 96.2 Å². The van der Waals surface area contributed by atoms with Gasteiger partial charge in [-0.15, -0.1) is 0 Å². The largest absolute Gasteiger partial charge is 0.322 e. The Morgan fingerprint density at radius 2 is 1.79 bits per heavy atom. The fraction of sp³-hybridized carbons (Fsp3) is 0.357. The average molecular weight is 440 g/mol. The summed E-state index contributed by atoms with van der Waals surface area (Å²) in [6.45, 7) is 2.57. The standard InChI is InChI=1S/C28H33N5/c1-31(2)18-21-9-6-10-22(17-21)19-33-25-14-5-4-13-24(25)30-27(33)20-32(3)26-15-7-11-23-12-8-16-29-28(23)26/h4-6,8-10,12-14,16-17,26H,7,11,15,18-20H2,1-3H3. The van der Waals surface area contributed by atoms with Crippen LogP contribution >= 0.6 is 0 Å². The first kappa shape index (κ1) is 21.8. The number of aryl methyl sites for hydroxylation is 1. The number of pyridine rings is 1. The monoisotopic (exact) mass is 439 g/mol. The maximum Gasteiger partial charge on any atom is 0.124 e. The molecule has 0 aliphatic heterocycles. The van der Waals surface area contributed by atoms with Gasteiger partial charge in [0.15, 0.2) is 0 Å². The van der Waals surface area contributed by atoms with Crippen molar-refractivity contribution in [3.63, 3.8) is 0 Å². The van der Waals surface area contributed by atoms with Gasteiger partial charge in [-0.3, -0.25) is 9.88 Å². The second-order valence-corrected chi connectivity index (χ2v) is 9.53. The van der Waals surface area contributed by atoms with Crippen LogP contribution in [-0.2, 0) is 26.1 Å². The first-order valence-electron chi connectivity index (χ1n) is 11.9. The first-order valence-corrected chi connectivity index (χ1v) is 11.9. The number of benzene rings is 2. The molecule has 5 rings (SSSR count). The van der Waals surface area contributed by atoms with Crippen LogP contribution in [0.25, 0.3) is 11.0 Å². The summed E-state index contributed by atoms with van der Waals surface area (Å²) in [5.74, 6) is 1.11. The fourth-order valence-electron chi connectivity index (χ4n) is 5.14. The van der Waals surface area contributed by atoms with Gasteiger partial charge in [0.05, 0.1) is 29.3 Å². The number of para-hydroxylation sites is 2. The molecular formula is C28H33N5. The Labute approximate surface area is 196 Å². The van der Waals surface area contributed by atoms with Crippen LogP contribution in [0.15, 0.2) is 66.9 Å². The summed E-state index contributed by atoms with van der Waals surface area (Å²) in [6, 6.07) is 22.1. The van der Waals surface area contributed by atoms with Gasteiger partial charge < -0.3 is 9.47 Å². The van der Waals surface area contributed by atoms with Crippen LogP contribution in [0, 0.1) is 0 Å². The van der Waals surface area contributed by atoms with Crippen LogP contribution < -0.4 is 0 Å². The van der Waals surface area contributed by atoms with E-state index in [0.29, 0.717) is 6.04 Å². The van der Waals surface area contributed by atoms with E-state index < -0.39 is 0 Å². The van der Waals surface area contributed by atoms with Gasteiger partial charge in [0.2, 0.25) is 0 Å². The lowest BCUT2D eigenvalue weighted by molar-refractivity contribution is 0.202. The number of hydrogen-bond acceptors (Lipinski definition) is 4. The highest BCUT2D eigenvalue weighted by Crippen LogP contribution is 2.33. The minimum atomic E-state index is 0.339. The van der Waals surface area contributed by atoms with Crippen molar-refractivity contribution in [3.05, 3.63) is 95.1 Å². The molecule has 0 saturated carbocycles. The topological polar surface area (TPSA) is 37.2 Å². The Morgan fingerprint density at radius 1 is 0.939 bits per heavy atom. The summed E-state index contributed by atoms with van der Waals surface area (Å²) in [7, 11) is 6.44. The van der Waals surface area contributed by atoms with E-state index in [4.69, 9.17) is 9.97 Å². The normalized spacial score (nSPS) is 16.0. The molecule has 0 spiro atoms.